The third-order valence-electron chi connectivity index (χ3n) is 0.297. The number of alkyl halides is 1. The van der Waals surface area contributed by atoms with E-state index in [4.69, 9.17) is 0 Å². The van der Waals surface area contributed by atoms with Gasteiger partial charge in [0.2, 0.25) is 6.07 Å². The Morgan fingerprint density at radius 2 is 2.00 bits per heavy atom. The molecule has 0 bridgehead atoms. The van der Waals surface area contributed by atoms with Crippen LogP contribution in [0.5, 0.6) is 0 Å². The number of hydrogen-bond donors (Lipinski definition) is 0. The van der Waals surface area contributed by atoms with Crippen molar-refractivity contribution in [2.45, 2.75) is 0 Å². The SMILES string of the molecule is F[B-](F)(F)[N+]#CCI. The minimum Gasteiger partial charge on any atom is -0.363 e. The van der Waals surface area contributed by atoms with Crippen LogP contribution < -0.4 is 0 Å². The summed E-state index contributed by atoms with van der Waals surface area (Å²) in [5.41, 5.74) is 0. The van der Waals surface area contributed by atoms with Gasteiger partial charge < -0.3 is 12.9 Å². The van der Waals surface area contributed by atoms with Crippen molar-refractivity contribution in [3.63, 3.8) is 0 Å². The molecule has 0 rings (SSSR count). The Morgan fingerprint density at radius 3 is 2.12 bits per heavy atom. The van der Waals surface area contributed by atoms with Gasteiger partial charge in [-0.15, -0.1) is 0 Å². The van der Waals surface area contributed by atoms with Crippen LogP contribution in [0.2, 0.25) is 0 Å². The second-order valence-electron chi connectivity index (χ2n) is 0.961. The molecule has 1 nitrogen and oxygen atoms in total. The average molecular weight is 235 g/mol. The highest BCUT2D eigenvalue weighted by Crippen LogP contribution is 2.08. The molecule has 0 aliphatic heterocycles. The van der Waals surface area contributed by atoms with Gasteiger partial charge in [-0.3, -0.25) is 0 Å². The van der Waals surface area contributed by atoms with E-state index in [2.05, 4.69) is 4.76 Å². The number of hydrogen-bond acceptors (Lipinski definition) is 0. The summed E-state index contributed by atoms with van der Waals surface area (Å²) in [5, 5.41) is 0. The molecule has 0 aromatic heterocycles. The Labute approximate surface area is 58.3 Å². The van der Waals surface area contributed by atoms with E-state index in [0.29, 0.717) is 0 Å². The normalized spacial score (nSPS) is 10.0. The van der Waals surface area contributed by atoms with Crippen LogP contribution in [0.25, 0.3) is 4.76 Å². The van der Waals surface area contributed by atoms with Gasteiger partial charge >= 0.3 is 7.11 Å². The van der Waals surface area contributed by atoms with E-state index in [1.807, 2.05) is 0 Å². The maximum atomic E-state index is 11.1. The van der Waals surface area contributed by atoms with Crippen LogP contribution in [-0.2, 0) is 0 Å². The number of halogens is 4. The molecule has 0 atom stereocenters. The molecule has 0 heterocycles. The first-order chi connectivity index (χ1) is 3.56. The molecule has 0 N–H and O–H groups in total. The minimum atomic E-state index is -4.99. The van der Waals surface area contributed by atoms with Crippen LogP contribution in [0.3, 0.4) is 0 Å². The predicted octanol–water partition coefficient (Wildman–Crippen LogP) is 2.10. The molecule has 0 saturated heterocycles. The lowest BCUT2D eigenvalue weighted by Crippen LogP contribution is -2.06. The van der Waals surface area contributed by atoms with Gasteiger partial charge in [-0.25, -0.2) is 4.76 Å². The summed E-state index contributed by atoms with van der Waals surface area (Å²) in [6.07, 6.45) is 0. The van der Waals surface area contributed by atoms with E-state index in [9.17, 15) is 12.9 Å². The van der Waals surface area contributed by atoms with E-state index < -0.39 is 7.11 Å². The predicted molar refractivity (Wildman–Crippen MR) is 35.2 cm³/mol. The second-order valence-corrected chi connectivity index (χ2v) is 1.72. The van der Waals surface area contributed by atoms with Crippen LogP contribution >= 0.6 is 22.6 Å². The van der Waals surface area contributed by atoms with Gasteiger partial charge in [0.1, 0.15) is 4.43 Å². The van der Waals surface area contributed by atoms with Crippen molar-refractivity contribution in [2.24, 2.45) is 0 Å². The Bertz CT molecular complexity index is 121. The Morgan fingerprint density at radius 1 is 1.50 bits per heavy atom. The van der Waals surface area contributed by atoms with Gasteiger partial charge in [0.25, 0.3) is 0 Å². The van der Waals surface area contributed by atoms with Gasteiger partial charge in [0.05, 0.1) is 0 Å². The van der Waals surface area contributed by atoms with E-state index in [1.165, 1.54) is 0 Å². The number of rotatable bonds is 0. The highest BCUT2D eigenvalue weighted by atomic mass is 127. The maximum Gasteiger partial charge on any atom is 0.930 e. The molecule has 0 spiro atoms. The van der Waals surface area contributed by atoms with Gasteiger partial charge in [-0.1, -0.05) is 22.6 Å². The third kappa shape index (κ3) is 6.07. The van der Waals surface area contributed by atoms with Crippen molar-refractivity contribution >= 4 is 29.7 Å². The molecule has 46 valence electrons. The molecule has 0 aliphatic rings. The van der Waals surface area contributed by atoms with Crippen molar-refractivity contribution in [1.82, 2.24) is 0 Å². The highest BCUT2D eigenvalue weighted by molar-refractivity contribution is 14.1. The first kappa shape index (κ1) is 8.07. The quantitative estimate of drug-likeness (QED) is 0.344. The molecule has 0 saturated carbocycles. The van der Waals surface area contributed by atoms with Crippen molar-refractivity contribution in [3.05, 3.63) is 4.76 Å². The summed E-state index contributed by atoms with van der Waals surface area (Å²) in [6, 6.07) is 1.80. The highest BCUT2D eigenvalue weighted by Gasteiger charge is 2.42. The Balaban J connectivity index is 3.69. The average Bonchev–Trinajstić information content (AvgIpc) is 1.59. The first-order valence-electron chi connectivity index (χ1n) is 1.76. The fourth-order valence-electron chi connectivity index (χ4n) is 0.138. The zero-order valence-electron chi connectivity index (χ0n) is 3.74. The summed E-state index contributed by atoms with van der Waals surface area (Å²) in [4.78, 5) is 0. The van der Waals surface area contributed by atoms with Crippen LogP contribution in [0.4, 0.5) is 12.9 Å². The van der Waals surface area contributed by atoms with Crippen LogP contribution in [-0.4, -0.2) is 11.5 Å². The van der Waals surface area contributed by atoms with Crippen LogP contribution in [0.15, 0.2) is 0 Å². The summed E-state index contributed by atoms with van der Waals surface area (Å²) in [5.74, 6) is 0. The second kappa shape index (κ2) is 3.17. The van der Waals surface area contributed by atoms with Crippen molar-refractivity contribution < 1.29 is 12.9 Å². The first-order valence-corrected chi connectivity index (χ1v) is 3.28. The van der Waals surface area contributed by atoms with E-state index in [0.717, 1.165) is 0 Å². The Hall–Kier alpha value is 0.0749. The van der Waals surface area contributed by atoms with E-state index in [-0.39, 0.29) is 4.43 Å². The molecule has 0 aliphatic carbocycles. The van der Waals surface area contributed by atoms with Crippen molar-refractivity contribution in [1.29, 1.82) is 0 Å². The lowest BCUT2D eigenvalue weighted by Gasteiger charge is -1.84. The molecular formula is C2H2BF3IN. The molecular weight excluding hydrogens is 233 g/mol. The molecule has 0 aromatic rings. The molecule has 0 fully saturated rings. The molecule has 0 unspecified atom stereocenters. The summed E-state index contributed by atoms with van der Waals surface area (Å²) in [6.45, 7) is 0. The van der Waals surface area contributed by atoms with Gasteiger partial charge in [0, 0.05) is 0 Å². The van der Waals surface area contributed by atoms with E-state index >= 15 is 0 Å². The largest absolute Gasteiger partial charge is 0.930 e. The third-order valence-corrected chi connectivity index (χ3v) is 0.639. The lowest BCUT2D eigenvalue weighted by molar-refractivity contribution is 0.497. The van der Waals surface area contributed by atoms with Crippen LogP contribution in [0, 0.1) is 6.07 Å². The van der Waals surface area contributed by atoms with E-state index in [1.54, 1.807) is 28.7 Å². The van der Waals surface area contributed by atoms with Crippen LogP contribution in [0.1, 0.15) is 0 Å². The zero-order chi connectivity index (χ0) is 6.62. The monoisotopic (exact) mass is 235 g/mol. The molecule has 0 amide bonds. The molecule has 8 heavy (non-hydrogen) atoms. The number of nitrogens with zero attached hydrogens (tertiary/aromatic N) is 1. The zero-order valence-corrected chi connectivity index (χ0v) is 5.90. The maximum absolute atomic E-state index is 11.1. The van der Waals surface area contributed by atoms with Crippen molar-refractivity contribution in [2.75, 3.05) is 4.43 Å². The molecule has 0 aromatic carbocycles. The summed E-state index contributed by atoms with van der Waals surface area (Å²) in [7, 11) is -4.99. The summed E-state index contributed by atoms with van der Waals surface area (Å²) < 4.78 is 35.6. The standard InChI is InChI=1S/C2H2BF3IN/c4-3(5,6)8-2-1-7/h1H2. The fraction of sp³-hybridized carbons (Fsp3) is 0.500. The topological polar surface area (TPSA) is 4.36 Å². The Kier molecular flexibility index (Phi) is 3.20. The van der Waals surface area contributed by atoms with Gasteiger partial charge in [-0.05, 0) is 0 Å². The summed E-state index contributed by atoms with van der Waals surface area (Å²) >= 11 is 1.73. The molecule has 0 radical (unpaired) electrons. The lowest BCUT2D eigenvalue weighted by atomic mass is 10.2. The molecule has 6 heteroatoms. The van der Waals surface area contributed by atoms with Gasteiger partial charge in [0.15, 0.2) is 0 Å². The van der Waals surface area contributed by atoms with Crippen molar-refractivity contribution in [3.8, 4) is 6.07 Å². The fourth-order valence-corrected chi connectivity index (χ4v) is 0.335. The minimum absolute atomic E-state index is 0.180. The smallest absolute Gasteiger partial charge is 0.363 e. The van der Waals surface area contributed by atoms with Gasteiger partial charge in [-0.2, -0.15) is 0 Å².